The Morgan fingerprint density at radius 2 is 1.75 bits per heavy atom. The Labute approximate surface area is 128 Å². The molecule has 0 bridgehead atoms. The van der Waals surface area contributed by atoms with Crippen LogP contribution in [0.2, 0.25) is 5.02 Å². The first-order valence-electron chi connectivity index (χ1n) is 6.53. The van der Waals surface area contributed by atoms with Gasteiger partial charge in [0.1, 0.15) is 5.82 Å². The lowest BCUT2D eigenvalue weighted by Gasteiger charge is -2.10. The summed E-state index contributed by atoms with van der Waals surface area (Å²) in [4.78, 5) is 4.66. The highest BCUT2D eigenvalue weighted by Gasteiger charge is 2.11. The smallest absolute Gasteiger partial charge is 0.111 e. The third-order valence-corrected chi connectivity index (χ3v) is 3.90. The van der Waals surface area contributed by atoms with Gasteiger partial charge in [0.2, 0.25) is 0 Å². The van der Waals surface area contributed by atoms with Crippen LogP contribution in [-0.2, 0) is 13.0 Å². The fraction of sp³-hybridized carbons (Fsp3) is 0.188. The average molecular weight is 305 g/mol. The van der Waals surface area contributed by atoms with E-state index < -0.39 is 0 Å². The molecule has 0 aliphatic rings. The standard InChI is InChI=1S/C16H14Cl2N2/c17-10-9-16-19-14-7-3-4-8-15(14)20(16)11-12-5-1-2-6-13(12)18/h1-8H,9-11H2. The molecule has 20 heavy (non-hydrogen) atoms. The van der Waals surface area contributed by atoms with Gasteiger partial charge in [-0.15, -0.1) is 11.6 Å². The van der Waals surface area contributed by atoms with Gasteiger partial charge in [-0.1, -0.05) is 41.9 Å². The van der Waals surface area contributed by atoms with E-state index in [2.05, 4.69) is 15.6 Å². The molecule has 2 nitrogen and oxygen atoms in total. The van der Waals surface area contributed by atoms with E-state index in [9.17, 15) is 0 Å². The molecule has 4 heteroatoms. The number of para-hydroxylation sites is 2. The number of rotatable bonds is 4. The van der Waals surface area contributed by atoms with Crippen molar-refractivity contribution in [1.82, 2.24) is 9.55 Å². The van der Waals surface area contributed by atoms with Crippen LogP contribution in [0.15, 0.2) is 48.5 Å². The molecule has 102 valence electrons. The summed E-state index contributed by atoms with van der Waals surface area (Å²) >= 11 is 12.2. The van der Waals surface area contributed by atoms with Crippen molar-refractivity contribution < 1.29 is 0 Å². The maximum absolute atomic E-state index is 6.26. The van der Waals surface area contributed by atoms with Crippen LogP contribution in [0.25, 0.3) is 11.0 Å². The first-order valence-corrected chi connectivity index (χ1v) is 7.44. The second-order valence-electron chi connectivity index (χ2n) is 4.63. The molecular weight excluding hydrogens is 291 g/mol. The summed E-state index contributed by atoms with van der Waals surface area (Å²) in [7, 11) is 0. The van der Waals surface area contributed by atoms with E-state index >= 15 is 0 Å². The van der Waals surface area contributed by atoms with Crippen molar-refractivity contribution in [3.05, 3.63) is 64.9 Å². The normalized spacial score (nSPS) is 11.1. The molecule has 3 rings (SSSR count). The molecule has 3 aromatic rings. The van der Waals surface area contributed by atoms with E-state index in [1.165, 1.54) is 0 Å². The molecule has 1 aromatic heterocycles. The quantitative estimate of drug-likeness (QED) is 0.648. The fourth-order valence-corrected chi connectivity index (χ4v) is 2.74. The summed E-state index contributed by atoms with van der Waals surface area (Å²) < 4.78 is 2.19. The first-order chi connectivity index (χ1) is 9.79. The summed E-state index contributed by atoms with van der Waals surface area (Å²) in [6.45, 7) is 0.715. The van der Waals surface area contributed by atoms with Gasteiger partial charge in [0, 0.05) is 17.3 Å². The lowest BCUT2D eigenvalue weighted by molar-refractivity contribution is 0.755. The third-order valence-electron chi connectivity index (χ3n) is 3.34. The molecule has 0 fully saturated rings. The molecule has 0 aliphatic carbocycles. The van der Waals surface area contributed by atoms with Crippen LogP contribution >= 0.6 is 23.2 Å². The number of aromatic nitrogens is 2. The summed E-state index contributed by atoms with van der Waals surface area (Å²) in [5.41, 5.74) is 3.21. The summed E-state index contributed by atoms with van der Waals surface area (Å²) in [6.07, 6.45) is 0.751. The Morgan fingerprint density at radius 1 is 1.00 bits per heavy atom. The van der Waals surface area contributed by atoms with Crippen LogP contribution in [-0.4, -0.2) is 15.4 Å². The molecule has 0 saturated heterocycles. The highest BCUT2D eigenvalue weighted by atomic mass is 35.5. The van der Waals surface area contributed by atoms with Crippen LogP contribution in [0.3, 0.4) is 0 Å². The van der Waals surface area contributed by atoms with E-state index in [-0.39, 0.29) is 0 Å². The second kappa shape index (κ2) is 5.86. The Hall–Kier alpha value is -1.51. The number of imidazole rings is 1. The first kappa shape index (κ1) is 13.5. The van der Waals surface area contributed by atoms with Gasteiger partial charge in [0.25, 0.3) is 0 Å². The number of nitrogens with zero attached hydrogens (tertiary/aromatic N) is 2. The van der Waals surface area contributed by atoms with E-state index in [1.807, 2.05) is 42.5 Å². The zero-order valence-corrected chi connectivity index (χ0v) is 12.4. The Balaban J connectivity index is 2.09. The molecular formula is C16H14Cl2N2. The predicted octanol–water partition coefficient (Wildman–Crippen LogP) is 4.52. The third kappa shape index (κ3) is 2.54. The minimum Gasteiger partial charge on any atom is -0.323 e. The van der Waals surface area contributed by atoms with Gasteiger partial charge in [-0.25, -0.2) is 4.98 Å². The number of alkyl halides is 1. The van der Waals surface area contributed by atoms with E-state index in [1.54, 1.807) is 0 Å². The monoisotopic (exact) mass is 304 g/mol. The summed E-state index contributed by atoms with van der Waals surface area (Å²) in [5.74, 6) is 1.56. The number of benzene rings is 2. The van der Waals surface area contributed by atoms with Crippen molar-refractivity contribution in [2.45, 2.75) is 13.0 Å². The molecule has 1 heterocycles. The van der Waals surface area contributed by atoms with Crippen molar-refractivity contribution >= 4 is 34.2 Å². The van der Waals surface area contributed by atoms with Crippen LogP contribution in [0.5, 0.6) is 0 Å². The van der Waals surface area contributed by atoms with E-state index in [0.29, 0.717) is 12.4 Å². The van der Waals surface area contributed by atoms with Gasteiger partial charge < -0.3 is 4.57 Å². The molecule has 0 N–H and O–H groups in total. The maximum Gasteiger partial charge on any atom is 0.111 e. The van der Waals surface area contributed by atoms with Crippen molar-refractivity contribution in [2.75, 3.05) is 5.88 Å². The number of hydrogen-bond donors (Lipinski definition) is 0. The van der Waals surface area contributed by atoms with Crippen molar-refractivity contribution in [2.24, 2.45) is 0 Å². The Morgan fingerprint density at radius 3 is 2.55 bits per heavy atom. The lowest BCUT2D eigenvalue weighted by Crippen LogP contribution is -2.06. The van der Waals surface area contributed by atoms with Gasteiger partial charge in [0.15, 0.2) is 0 Å². The number of aryl methyl sites for hydroxylation is 1. The minimum atomic E-state index is 0.561. The molecule has 0 saturated carbocycles. The zero-order valence-electron chi connectivity index (χ0n) is 10.9. The Bertz CT molecular complexity index is 734. The van der Waals surface area contributed by atoms with Gasteiger partial charge in [-0.05, 0) is 23.8 Å². The van der Waals surface area contributed by atoms with Crippen molar-refractivity contribution in [3.8, 4) is 0 Å². The maximum atomic E-state index is 6.26. The molecule has 0 unspecified atom stereocenters. The molecule has 0 aliphatic heterocycles. The largest absolute Gasteiger partial charge is 0.323 e. The van der Waals surface area contributed by atoms with Crippen molar-refractivity contribution in [3.63, 3.8) is 0 Å². The predicted molar refractivity (Wildman–Crippen MR) is 84.7 cm³/mol. The highest BCUT2D eigenvalue weighted by Crippen LogP contribution is 2.22. The van der Waals surface area contributed by atoms with E-state index in [4.69, 9.17) is 23.2 Å². The summed E-state index contributed by atoms with van der Waals surface area (Å²) in [6, 6.07) is 16.0. The zero-order chi connectivity index (χ0) is 13.9. The highest BCUT2D eigenvalue weighted by molar-refractivity contribution is 6.31. The van der Waals surface area contributed by atoms with Gasteiger partial charge >= 0.3 is 0 Å². The molecule has 2 aromatic carbocycles. The number of hydrogen-bond acceptors (Lipinski definition) is 1. The number of halogens is 2. The van der Waals surface area contributed by atoms with Gasteiger partial charge in [0.05, 0.1) is 17.6 Å². The van der Waals surface area contributed by atoms with E-state index in [0.717, 1.165) is 33.9 Å². The lowest BCUT2D eigenvalue weighted by atomic mass is 10.2. The molecule has 0 atom stereocenters. The van der Waals surface area contributed by atoms with Gasteiger partial charge in [-0.2, -0.15) is 0 Å². The van der Waals surface area contributed by atoms with Gasteiger partial charge in [-0.3, -0.25) is 0 Å². The number of fused-ring (bicyclic) bond motifs is 1. The van der Waals surface area contributed by atoms with Crippen LogP contribution < -0.4 is 0 Å². The van der Waals surface area contributed by atoms with Crippen LogP contribution in [0.1, 0.15) is 11.4 Å². The van der Waals surface area contributed by atoms with Crippen LogP contribution in [0, 0.1) is 0 Å². The summed E-state index contributed by atoms with van der Waals surface area (Å²) in [5, 5.41) is 0.780. The molecule has 0 amide bonds. The van der Waals surface area contributed by atoms with Crippen LogP contribution in [0.4, 0.5) is 0 Å². The molecule has 0 spiro atoms. The average Bonchev–Trinajstić information content (AvgIpc) is 2.80. The SMILES string of the molecule is ClCCc1nc2ccccc2n1Cc1ccccc1Cl. The fourth-order valence-electron chi connectivity index (χ4n) is 2.37. The van der Waals surface area contributed by atoms with Crippen molar-refractivity contribution in [1.29, 1.82) is 0 Å². The molecule has 0 radical (unpaired) electrons. The minimum absolute atomic E-state index is 0.561. The Kier molecular flexibility index (Phi) is 3.95. The topological polar surface area (TPSA) is 17.8 Å². The second-order valence-corrected chi connectivity index (χ2v) is 5.42.